The van der Waals surface area contributed by atoms with E-state index < -0.39 is 29.3 Å². The van der Waals surface area contributed by atoms with Crippen LogP contribution in [-0.4, -0.2) is 35.1 Å². The van der Waals surface area contributed by atoms with Crippen LogP contribution in [0.4, 0.5) is 4.79 Å². The van der Waals surface area contributed by atoms with Crippen molar-refractivity contribution < 1.29 is 19.1 Å². The number of alkyl carbamates (subject to hydrolysis) is 1. The summed E-state index contributed by atoms with van der Waals surface area (Å²) in [4.78, 5) is 23.5. The van der Waals surface area contributed by atoms with E-state index in [0.29, 0.717) is 0 Å². The van der Waals surface area contributed by atoms with Gasteiger partial charge in [-0.2, -0.15) is 0 Å². The van der Waals surface area contributed by atoms with Crippen LogP contribution < -0.4 is 5.32 Å². The zero-order valence-electron chi connectivity index (χ0n) is 12.2. The second-order valence-corrected chi connectivity index (χ2v) is 7.21. The van der Waals surface area contributed by atoms with Crippen LogP contribution in [0.15, 0.2) is 0 Å². The lowest BCUT2D eigenvalue weighted by molar-refractivity contribution is -0.156. The quantitative estimate of drug-likeness (QED) is 0.808. The highest BCUT2D eigenvalue weighted by Gasteiger charge is 2.28. The van der Waals surface area contributed by atoms with E-state index in [1.54, 1.807) is 41.5 Å². The van der Waals surface area contributed by atoms with Crippen LogP contribution in [-0.2, 0) is 14.3 Å². The molecule has 5 nitrogen and oxygen atoms in total. The van der Waals surface area contributed by atoms with Crippen LogP contribution in [0.2, 0.25) is 0 Å². The van der Waals surface area contributed by atoms with E-state index in [9.17, 15) is 9.59 Å². The minimum absolute atomic E-state index is 0.204. The molecule has 19 heavy (non-hydrogen) atoms. The molecule has 1 atom stereocenters. The lowest BCUT2D eigenvalue weighted by atomic mass is 10.2. The maximum absolute atomic E-state index is 11.9. The number of rotatable bonds is 4. The summed E-state index contributed by atoms with van der Waals surface area (Å²) in [6.45, 7) is 10.5. The normalized spacial score (nSPS) is 13.6. The van der Waals surface area contributed by atoms with E-state index in [1.807, 2.05) is 0 Å². The van der Waals surface area contributed by atoms with Crippen molar-refractivity contribution in [3.8, 4) is 0 Å². The highest BCUT2D eigenvalue weighted by atomic mass is 35.7. The SMILES string of the molecule is CC(C)(C)OC(=O)N[C@@H](CSCl)C(=O)OC(C)(C)C. The summed E-state index contributed by atoms with van der Waals surface area (Å²) in [5, 5.41) is 2.46. The number of halogens is 1. The van der Waals surface area contributed by atoms with Crippen molar-refractivity contribution in [3.63, 3.8) is 0 Å². The Morgan fingerprint density at radius 2 is 1.58 bits per heavy atom. The maximum Gasteiger partial charge on any atom is 0.408 e. The number of carbonyl (C=O) groups excluding carboxylic acids is 2. The summed E-state index contributed by atoms with van der Waals surface area (Å²) in [6.07, 6.45) is -0.672. The van der Waals surface area contributed by atoms with Gasteiger partial charge in [-0.05, 0) is 52.2 Å². The van der Waals surface area contributed by atoms with Crippen LogP contribution in [0.5, 0.6) is 0 Å². The summed E-state index contributed by atoms with van der Waals surface area (Å²) < 4.78 is 10.3. The lowest BCUT2D eigenvalue weighted by Gasteiger charge is -2.25. The van der Waals surface area contributed by atoms with E-state index in [4.69, 9.17) is 20.2 Å². The molecule has 0 aromatic rings. The highest BCUT2D eigenvalue weighted by molar-refractivity contribution is 8.21. The van der Waals surface area contributed by atoms with Crippen LogP contribution in [0.3, 0.4) is 0 Å². The van der Waals surface area contributed by atoms with Crippen molar-refractivity contribution in [2.45, 2.75) is 58.8 Å². The van der Waals surface area contributed by atoms with E-state index >= 15 is 0 Å². The molecular formula is C12H22ClNO4S. The minimum atomic E-state index is -0.837. The third-order valence-electron chi connectivity index (χ3n) is 1.61. The maximum atomic E-state index is 11.9. The molecule has 112 valence electrons. The number of ether oxygens (including phenoxy) is 2. The first-order valence-electron chi connectivity index (χ1n) is 5.90. The molecule has 0 aliphatic heterocycles. The molecule has 7 heteroatoms. The zero-order chi connectivity index (χ0) is 15.3. The van der Waals surface area contributed by atoms with Gasteiger partial charge < -0.3 is 14.8 Å². The standard InChI is InChI=1S/C12H22ClNO4S/c1-11(2,3)17-9(15)8(7-19-13)14-10(16)18-12(4,5)6/h8H,7H2,1-6H3,(H,14,16)/t8-/m0/s1. The Hall–Kier alpha value is -0.620. The molecule has 0 radical (unpaired) electrons. The van der Waals surface area contributed by atoms with Crippen LogP contribution in [0.1, 0.15) is 41.5 Å². The van der Waals surface area contributed by atoms with Crippen molar-refractivity contribution in [2.24, 2.45) is 0 Å². The molecular weight excluding hydrogens is 290 g/mol. The smallest absolute Gasteiger partial charge is 0.408 e. The van der Waals surface area contributed by atoms with E-state index in [-0.39, 0.29) is 5.75 Å². The molecule has 0 aliphatic carbocycles. The minimum Gasteiger partial charge on any atom is -0.458 e. The summed E-state index contributed by atoms with van der Waals surface area (Å²) in [5.41, 5.74) is -1.25. The van der Waals surface area contributed by atoms with Gasteiger partial charge in [0, 0.05) is 5.75 Å². The molecule has 0 unspecified atom stereocenters. The Balaban J connectivity index is 4.57. The number of carbonyl (C=O) groups is 2. The van der Waals surface area contributed by atoms with Gasteiger partial charge in [0.1, 0.15) is 17.2 Å². The molecule has 0 rings (SSSR count). The van der Waals surface area contributed by atoms with Crippen molar-refractivity contribution in [2.75, 3.05) is 5.75 Å². The van der Waals surface area contributed by atoms with Crippen molar-refractivity contribution in [3.05, 3.63) is 0 Å². The third-order valence-corrected chi connectivity index (χ3v) is 2.45. The van der Waals surface area contributed by atoms with Gasteiger partial charge in [0.15, 0.2) is 0 Å². The highest BCUT2D eigenvalue weighted by Crippen LogP contribution is 2.14. The second-order valence-electron chi connectivity index (χ2n) is 6.01. The number of hydrogen-bond acceptors (Lipinski definition) is 5. The van der Waals surface area contributed by atoms with Crippen molar-refractivity contribution in [1.29, 1.82) is 0 Å². The molecule has 0 aliphatic rings. The molecule has 0 heterocycles. The Labute approximate surface area is 123 Å². The largest absolute Gasteiger partial charge is 0.458 e. The van der Waals surface area contributed by atoms with Gasteiger partial charge in [0.05, 0.1) is 0 Å². The fourth-order valence-electron chi connectivity index (χ4n) is 1.05. The molecule has 0 aromatic heterocycles. The topological polar surface area (TPSA) is 64.6 Å². The van der Waals surface area contributed by atoms with E-state index in [1.165, 1.54) is 0 Å². The Morgan fingerprint density at radius 1 is 1.11 bits per heavy atom. The summed E-state index contributed by atoms with van der Waals surface area (Å²) in [6, 6.07) is -0.837. The molecule has 0 saturated heterocycles. The van der Waals surface area contributed by atoms with Crippen molar-refractivity contribution >= 4 is 33.7 Å². The fraction of sp³-hybridized carbons (Fsp3) is 0.833. The first kappa shape index (κ1) is 18.4. The number of esters is 1. The molecule has 0 aromatic carbocycles. The molecule has 1 amide bonds. The third kappa shape index (κ3) is 9.90. The Kier molecular flexibility index (Phi) is 7.00. The zero-order valence-corrected chi connectivity index (χ0v) is 13.8. The Bertz CT molecular complexity index is 323. The van der Waals surface area contributed by atoms with Gasteiger partial charge >= 0.3 is 12.1 Å². The van der Waals surface area contributed by atoms with Gasteiger partial charge in [-0.25, -0.2) is 9.59 Å². The average Bonchev–Trinajstić information content (AvgIpc) is 2.10. The molecule has 0 fully saturated rings. The van der Waals surface area contributed by atoms with E-state index in [2.05, 4.69) is 5.32 Å². The first-order chi connectivity index (χ1) is 8.44. The molecule has 1 N–H and O–H groups in total. The number of nitrogens with one attached hydrogen (secondary N) is 1. The Morgan fingerprint density at radius 3 is 1.95 bits per heavy atom. The van der Waals surface area contributed by atoms with Gasteiger partial charge in [0.25, 0.3) is 0 Å². The average molecular weight is 312 g/mol. The molecule has 0 saturated carbocycles. The van der Waals surface area contributed by atoms with Crippen LogP contribution in [0.25, 0.3) is 0 Å². The van der Waals surface area contributed by atoms with Gasteiger partial charge in [-0.3, -0.25) is 0 Å². The van der Waals surface area contributed by atoms with E-state index in [0.717, 1.165) is 11.0 Å². The first-order valence-corrected chi connectivity index (χ1v) is 7.72. The molecule has 0 spiro atoms. The summed E-state index contributed by atoms with van der Waals surface area (Å²) in [7, 11) is 6.47. The summed E-state index contributed by atoms with van der Waals surface area (Å²) in [5.74, 6) is -0.332. The summed E-state index contributed by atoms with van der Waals surface area (Å²) >= 11 is 0. The number of hydrogen-bond donors (Lipinski definition) is 1. The second kappa shape index (κ2) is 7.24. The number of amides is 1. The fourth-order valence-corrected chi connectivity index (χ4v) is 1.78. The predicted molar refractivity (Wildman–Crippen MR) is 77.3 cm³/mol. The lowest BCUT2D eigenvalue weighted by Crippen LogP contribution is -2.47. The monoisotopic (exact) mass is 311 g/mol. The van der Waals surface area contributed by atoms with Crippen LogP contribution in [0, 0.1) is 0 Å². The van der Waals surface area contributed by atoms with Gasteiger partial charge in [-0.1, -0.05) is 11.0 Å². The predicted octanol–water partition coefficient (Wildman–Crippen LogP) is 3.11. The van der Waals surface area contributed by atoms with Gasteiger partial charge in [0.2, 0.25) is 0 Å². The molecule has 0 bridgehead atoms. The van der Waals surface area contributed by atoms with Gasteiger partial charge in [-0.15, -0.1) is 0 Å². The van der Waals surface area contributed by atoms with Crippen molar-refractivity contribution in [1.82, 2.24) is 5.32 Å². The van der Waals surface area contributed by atoms with Crippen LogP contribution >= 0.6 is 21.7 Å².